The highest BCUT2D eigenvalue weighted by Gasteiger charge is 2.32. The molecule has 124 valence electrons. The first-order chi connectivity index (χ1) is 10.5. The van der Waals surface area contributed by atoms with Crippen LogP contribution in [-0.4, -0.2) is 47.9 Å². The normalized spacial score (nSPS) is 16.7. The largest absolute Gasteiger partial charge is 1.00 e. The van der Waals surface area contributed by atoms with Crippen LogP contribution in [0, 0.1) is 6.92 Å². The van der Waals surface area contributed by atoms with Crippen molar-refractivity contribution in [3.05, 3.63) is 40.3 Å². The molecule has 0 amide bonds. The monoisotopic (exact) mass is 336 g/mol. The van der Waals surface area contributed by atoms with E-state index in [1.165, 1.54) is 4.57 Å². The van der Waals surface area contributed by atoms with Gasteiger partial charge < -0.3 is 17.1 Å². The standard InChI is InChI=1S/C16H21N4O2.ClH/c1-12-6-4-5-7-13(12)14-17-15(18-16(21)19(14)2)20(3)8-10-22-11-9-20;/h4-7H,8-11H2,1-3H3;1H/q+1;/p-1. The van der Waals surface area contributed by atoms with Crippen molar-refractivity contribution in [3.8, 4) is 11.4 Å². The van der Waals surface area contributed by atoms with E-state index in [2.05, 4.69) is 12.0 Å². The number of aryl methyl sites for hydroxylation is 1. The van der Waals surface area contributed by atoms with Gasteiger partial charge in [0.2, 0.25) is 0 Å². The minimum absolute atomic E-state index is 0. The predicted octanol–water partition coefficient (Wildman–Crippen LogP) is -1.88. The van der Waals surface area contributed by atoms with Crippen molar-refractivity contribution in [3.63, 3.8) is 0 Å². The molecule has 6 nitrogen and oxygen atoms in total. The van der Waals surface area contributed by atoms with Crippen molar-refractivity contribution in [1.82, 2.24) is 19.0 Å². The van der Waals surface area contributed by atoms with Gasteiger partial charge in [0, 0.05) is 12.6 Å². The van der Waals surface area contributed by atoms with Gasteiger partial charge in [-0.05, 0) is 12.5 Å². The summed E-state index contributed by atoms with van der Waals surface area (Å²) in [5, 5.41) is 0. The topological polar surface area (TPSA) is 57.0 Å². The minimum Gasteiger partial charge on any atom is -1.00 e. The van der Waals surface area contributed by atoms with Gasteiger partial charge in [-0.2, -0.15) is 4.98 Å². The summed E-state index contributed by atoms with van der Waals surface area (Å²) in [6.45, 7) is 4.90. The zero-order chi connectivity index (χ0) is 15.7. The molecule has 0 unspecified atom stereocenters. The van der Waals surface area contributed by atoms with E-state index < -0.39 is 0 Å². The van der Waals surface area contributed by atoms with Gasteiger partial charge in [-0.1, -0.05) is 24.3 Å². The molecular formula is C16H21ClN4O2. The molecule has 1 saturated heterocycles. The third-order valence-electron chi connectivity index (χ3n) is 4.33. The molecule has 7 heteroatoms. The highest BCUT2D eigenvalue weighted by Crippen LogP contribution is 2.23. The van der Waals surface area contributed by atoms with Crippen LogP contribution in [0.5, 0.6) is 0 Å². The Bertz CT molecular complexity index is 754. The van der Waals surface area contributed by atoms with E-state index in [9.17, 15) is 4.79 Å². The van der Waals surface area contributed by atoms with Gasteiger partial charge >= 0.3 is 11.6 Å². The Balaban J connectivity index is 0.00000192. The number of nitrogens with zero attached hydrogens (tertiary/aromatic N) is 4. The smallest absolute Gasteiger partial charge is 0.355 e. The molecule has 0 saturated carbocycles. The quantitative estimate of drug-likeness (QED) is 0.603. The van der Waals surface area contributed by atoms with Crippen LogP contribution in [-0.2, 0) is 11.8 Å². The summed E-state index contributed by atoms with van der Waals surface area (Å²) in [7, 11) is 3.77. The van der Waals surface area contributed by atoms with Crippen molar-refractivity contribution < 1.29 is 17.1 Å². The Morgan fingerprint density at radius 1 is 1.17 bits per heavy atom. The van der Waals surface area contributed by atoms with Gasteiger partial charge in [-0.15, -0.1) is 4.98 Å². The second kappa shape index (κ2) is 6.78. The Labute approximate surface area is 141 Å². The second-order valence-corrected chi connectivity index (χ2v) is 5.96. The molecule has 2 heterocycles. The van der Waals surface area contributed by atoms with Gasteiger partial charge in [-0.3, -0.25) is 9.05 Å². The molecule has 3 rings (SSSR count). The van der Waals surface area contributed by atoms with Crippen molar-refractivity contribution in [2.45, 2.75) is 6.92 Å². The van der Waals surface area contributed by atoms with E-state index in [-0.39, 0.29) is 18.1 Å². The molecule has 0 N–H and O–H groups in total. The number of rotatable bonds is 2. The van der Waals surface area contributed by atoms with E-state index in [4.69, 9.17) is 9.72 Å². The minimum atomic E-state index is -0.269. The first-order valence-corrected chi connectivity index (χ1v) is 7.45. The van der Waals surface area contributed by atoms with Gasteiger partial charge in [0.25, 0.3) is 0 Å². The van der Waals surface area contributed by atoms with E-state index in [0.717, 1.165) is 24.2 Å². The number of benzene rings is 1. The van der Waals surface area contributed by atoms with E-state index >= 15 is 0 Å². The van der Waals surface area contributed by atoms with Crippen LogP contribution in [0.1, 0.15) is 5.56 Å². The van der Waals surface area contributed by atoms with Crippen molar-refractivity contribution in [2.24, 2.45) is 7.05 Å². The highest BCUT2D eigenvalue weighted by atomic mass is 35.5. The predicted molar refractivity (Wildman–Crippen MR) is 85.7 cm³/mol. The third kappa shape index (κ3) is 3.29. The molecule has 0 radical (unpaired) electrons. The van der Waals surface area contributed by atoms with Crippen LogP contribution < -0.4 is 22.6 Å². The first-order valence-electron chi connectivity index (χ1n) is 7.45. The zero-order valence-electron chi connectivity index (χ0n) is 13.6. The summed E-state index contributed by atoms with van der Waals surface area (Å²) < 4.78 is 7.47. The molecule has 1 aliphatic heterocycles. The first kappa shape index (κ1) is 17.6. The molecular weight excluding hydrogens is 316 g/mol. The molecule has 1 aromatic heterocycles. The lowest BCUT2D eigenvalue weighted by Crippen LogP contribution is -3.00. The summed E-state index contributed by atoms with van der Waals surface area (Å²) in [6.07, 6.45) is 0. The number of ether oxygens (including phenoxy) is 1. The summed E-state index contributed by atoms with van der Waals surface area (Å²) >= 11 is 0. The molecule has 0 spiro atoms. The van der Waals surface area contributed by atoms with Crippen molar-refractivity contribution >= 4 is 5.95 Å². The fourth-order valence-corrected chi connectivity index (χ4v) is 2.70. The fraction of sp³-hybridized carbons (Fsp3) is 0.438. The number of halogens is 1. The van der Waals surface area contributed by atoms with E-state index in [0.29, 0.717) is 29.5 Å². The highest BCUT2D eigenvalue weighted by molar-refractivity contribution is 5.60. The summed E-state index contributed by atoms with van der Waals surface area (Å²) in [4.78, 5) is 21.2. The SMILES string of the molecule is Cc1ccccc1-c1nc([N+]2(C)CCOCC2)nc(=O)n1C.[Cl-]. The lowest BCUT2D eigenvalue weighted by atomic mass is 10.1. The maximum Gasteiger partial charge on any atom is 0.355 e. The zero-order valence-corrected chi connectivity index (χ0v) is 14.4. The van der Waals surface area contributed by atoms with E-state index in [1.54, 1.807) is 7.05 Å². The van der Waals surface area contributed by atoms with Crippen LogP contribution >= 0.6 is 0 Å². The molecule has 1 fully saturated rings. The van der Waals surface area contributed by atoms with Crippen LogP contribution in [0.15, 0.2) is 29.1 Å². The summed E-state index contributed by atoms with van der Waals surface area (Å²) in [5.74, 6) is 1.24. The Hall–Kier alpha value is -1.76. The Morgan fingerprint density at radius 2 is 1.83 bits per heavy atom. The third-order valence-corrected chi connectivity index (χ3v) is 4.33. The molecule has 1 aliphatic rings. The van der Waals surface area contributed by atoms with Crippen LogP contribution in [0.2, 0.25) is 0 Å². The average Bonchev–Trinajstić information content (AvgIpc) is 2.51. The molecule has 0 aliphatic carbocycles. The fourth-order valence-electron chi connectivity index (χ4n) is 2.70. The molecule has 23 heavy (non-hydrogen) atoms. The van der Waals surface area contributed by atoms with Gasteiger partial charge in [-0.25, -0.2) is 4.79 Å². The molecule has 0 bridgehead atoms. The van der Waals surface area contributed by atoms with Gasteiger partial charge in [0.15, 0.2) is 5.82 Å². The Morgan fingerprint density at radius 3 is 2.48 bits per heavy atom. The number of hydrogen-bond donors (Lipinski definition) is 0. The van der Waals surface area contributed by atoms with Gasteiger partial charge in [0.1, 0.15) is 13.1 Å². The summed E-state index contributed by atoms with van der Waals surface area (Å²) in [6, 6.07) is 7.95. The lowest BCUT2D eigenvalue weighted by Gasteiger charge is -2.34. The molecule has 1 aromatic carbocycles. The number of aromatic nitrogens is 3. The summed E-state index contributed by atoms with van der Waals surface area (Å²) in [5.41, 5.74) is 1.78. The van der Waals surface area contributed by atoms with Crippen LogP contribution in [0.3, 0.4) is 0 Å². The second-order valence-electron chi connectivity index (χ2n) is 5.96. The molecule has 0 atom stereocenters. The van der Waals surface area contributed by atoms with Gasteiger partial charge in [0.05, 0.1) is 20.3 Å². The number of hydrogen-bond acceptors (Lipinski definition) is 4. The van der Waals surface area contributed by atoms with E-state index in [1.807, 2.05) is 31.2 Å². The van der Waals surface area contributed by atoms with Crippen molar-refractivity contribution in [1.29, 1.82) is 0 Å². The lowest BCUT2D eigenvalue weighted by molar-refractivity contribution is -0.00000676. The molecule has 2 aromatic rings. The van der Waals surface area contributed by atoms with Crippen molar-refractivity contribution in [2.75, 3.05) is 33.4 Å². The number of quaternary nitrogens is 1. The maximum absolute atomic E-state index is 12.3. The number of morpholine rings is 1. The Kier molecular flexibility index (Phi) is 5.19. The number of likely N-dealkylation sites (N-methyl/N-ethyl adjacent to an activating group) is 1. The maximum atomic E-state index is 12.3. The van der Waals surface area contributed by atoms with Crippen LogP contribution in [0.25, 0.3) is 11.4 Å². The average molecular weight is 337 g/mol. The van der Waals surface area contributed by atoms with Crippen LogP contribution in [0.4, 0.5) is 5.95 Å².